The fourth-order valence-corrected chi connectivity index (χ4v) is 6.60. The first-order valence-electron chi connectivity index (χ1n) is 12.4. The maximum absolute atomic E-state index is 15.1. The minimum absolute atomic E-state index is 0.121. The SMILES string of the molecule is CCC(=S)NC[C@H]1CN(c2ccc(C3CCS(=O)(=NC(=O)Nc4ccc([N+](=O)[O-])cc4)CC3)c(F)c2)C(=O)O1. The van der Waals surface area contributed by atoms with E-state index in [4.69, 9.17) is 17.0 Å². The fourth-order valence-electron chi connectivity index (χ4n) is 4.47. The van der Waals surface area contributed by atoms with Crippen LogP contribution in [0, 0.1) is 15.9 Å². The summed E-state index contributed by atoms with van der Waals surface area (Å²) in [5.41, 5.74) is 1.01. The topological polar surface area (TPSA) is 143 Å². The van der Waals surface area contributed by atoms with Crippen molar-refractivity contribution in [1.29, 1.82) is 0 Å². The van der Waals surface area contributed by atoms with Crippen molar-refractivity contribution in [2.24, 2.45) is 4.36 Å². The zero-order valence-corrected chi connectivity index (χ0v) is 22.8. The van der Waals surface area contributed by atoms with Crippen LogP contribution in [0.1, 0.15) is 37.7 Å². The summed E-state index contributed by atoms with van der Waals surface area (Å²) in [4.78, 5) is 36.9. The molecule has 2 aromatic rings. The summed E-state index contributed by atoms with van der Waals surface area (Å²) in [6.45, 7) is 2.58. The van der Waals surface area contributed by atoms with Crippen molar-refractivity contribution in [2.75, 3.05) is 34.8 Å². The lowest BCUT2D eigenvalue weighted by molar-refractivity contribution is -0.384. The molecular weight excluding hydrogens is 549 g/mol. The Bertz CT molecular complexity index is 1400. The number of nitro groups is 1. The minimum atomic E-state index is -2.84. The van der Waals surface area contributed by atoms with Gasteiger partial charge in [-0.15, -0.1) is 4.36 Å². The Kier molecular flexibility index (Phi) is 8.75. The highest BCUT2D eigenvalue weighted by Crippen LogP contribution is 2.34. The van der Waals surface area contributed by atoms with Gasteiger partial charge in [-0.25, -0.2) is 18.2 Å². The average molecular weight is 578 g/mol. The third kappa shape index (κ3) is 7.06. The lowest BCUT2D eigenvalue weighted by Crippen LogP contribution is -2.33. The molecule has 0 aromatic heterocycles. The summed E-state index contributed by atoms with van der Waals surface area (Å²) in [5.74, 6) is -0.433. The van der Waals surface area contributed by atoms with E-state index in [0.717, 1.165) is 0 Å². The van der Waals surface area contributed by atoms with E-state index in [1.54, 1.807) is 12.1 Å². The van der Waals surface area contributed by atoms with Gasteiger partial charge < -0.3 is 15.4 Å². The van der Waals surface area contributed by atoms with Crippen LogP contribution in [-0.4, -0.2) is 56.9 Å². The van der Waals surface area contributed by atoms with Crippen LogP contribution in [0.5, 0.6) is 0 Å². The van der Waals surface area contributed by atoms with Gasteiger partial charge >= 0.3 is 12.1 Å². The van der Waals surface area contributed by atoms with Gasteiger partial charge in [-0.3, -0.25) is 15.0 Å². The Labute approximate surface area is 230 Å². The summed E-state index contributed by atoms with van der Waals surface area (Å²) in [5, 5.41) is 16.3. The number of thiocarbonyl (C=S) groups is 1. The van der Waals surface area contributed by atoms with Gasteiger partial charge in [0.25, 0.3) is 5.69 Å². The van der Waals surface area contributed by atoms with E-state index in [1.165, 1.54) is 35.2 Å². The molecule has 0 radical (unpaired) electrons. The average Bonchev–Trinajstić information content (AvgIpc) is 3.28. The van der Waals surface area contributed by atoms with Gasteiger partial charge in [0.05, 0.1) is 38.4 Å². The molecule has 0 unspecified atom stereocenters. The number of hydrogen-bond acceptors (Lipinski definition) is 7. The summed E-state index contributed by atoms with van der Waals surface area (Å²) in [7, 11) is -2.84. The van der Waals surface area contributed by atoms with Crippen LogP contribution in [0.25, 0.3) is 0 Å². The van der Waals surface area contributed by atoms with Crippen LogP contribution in [0.15, 0.2) is 46.8 Å². The van der Waals surface area contributed by atoms with E-state index in [1.807, 2.05) is 6.92 Å². The van der Waals surface area contributed by atoms with Crippen molar-refractivity contribution in [2.45, 2.75) is 38.2 Å². The van der Waals surface area contributed by atoms with E-state index < -0.39 is 38.7 Å². The number of halogens is 1. The third-order valence-electron chi connectivity index (χ3n) is 6.61. The Morgan fingerprint density at radius 3 is 2.56 bits per heavy atom. The first-order chi connectivity index (χ1) is 18.6. The van der Waals surface area contributed by atoms with Crippen LogP contribution in [0.4, 0.5) is 31.0 Å². The van der Waals surface area contributed by atoms with Crippen molar-refractivity contribution in [3.8, 4) is 0 Å². The Hall–Kier alpha value is -3.65. The van der Waals surface area contributed by atoms with Crippen LogP contribution in [0.3, 0.4) is 0 Å². The zero-order valence-electron chi connectivity index (χ0n) is 21.1. The molecule has 2 saturated heterocycles. The second kappa shape index (κ2) is 12.0. The number of carbonyl (C=O) groups excluding carboxylic acids is 2. The van der Waals surface area contributed by atoms with Gasteiger partial charge in [-0.1, -0.05) is 25.2 Å². The molecule has 2 fully saturated rings. The number of ether oxygens (including phenoxy) is 1. The number of cyclic esters (lactones) is 1. The van der Waals surface area contributed by atoms with Crippen molar-refractivity contribution in [1.82, 2.24) is 5.32 Å². The largest absolute Gasteiger partial charge is 0.442 e. The van der Waals surface area contributed by atoms with Gasteiger partial charge in [0.2, 0.25) is 0 Å². The fraction of sp³-hybridized carbons (Fsp3) is 0.400. The number of hydrogen-bond donors (Lipinski definition) is 2. The molecule has 0 spiro atoms. The molecule has 0 saturated carbocycles. The highest BCUT2D eigenvalue weighted by atomic mass is 32.2. The molecule has 14 heteroatoms. The molecule has 4 rings (SSSR count). The Balaban J connectivity index is 1.35. The Morgan fingerprint density at radius 2 is 1.95 bits per heavy atom. The first-order valence-corrected chi connectivity index (χ1v) is 14.7. The standard InChI is InChI=1S/C25H28FN5O6S2/c1-2-23(38)27-14-20-15-30(25(33)37-20)19-7-8-21(22(26)13-19)16-9-11-39(36,12-10-16)29-24(32)28-17-3-5-18(6-4-17)31(34)35/h3-8,13,16,20H,2,9-12,14-15H2,1H3,(H,27,38)(H,28,32)/t16?,20-,39?/m0/s1. The molecule has 2 N–H and O–H groups in total. The highest BCUT2D eigenvalue weighted by Gasteiger charge is 2.33. The van der Waals surface area contributed by atoms with Gasteiger partial charge in [-0.05, 0) is 55.0 Å². The molecule has 208 valence electrons. The van der Waals surface area contributed by atoms with E-state index in [0.29, 0.717) is 47.7 Å². The maximum atomic E-state index is 15.1. The molecule has 2 aliphatic heterocycles. The number of non-ortho nitro benzene ring substituents is 1. The number of urea groups is 1. The number of amides is 3. The van der Waals surface area contributed by atoms with Crippen LogP contribution in [0.2, 0.25) is 0 Å². The minimum Gasteiger partial charge on any atom is -0.442 e. The normalized spacial score (nSPS) is 22.6. The second-order valence-corrected chi connectivity index (χ2v) is 12.3. The summed E-state index contributed by atoms with van der Waals surface area (Å²) >= 11 is 5.13. The van der Waals surface area contributed by atoms with Gasteiger partial charge in [0.15, 0.2) is 0 Å². The lowest BCUT2D eigenvalue weighted by atomic mass is 9.93. The number of rotatable bonds is 7. The summed E-state index contributed by atoms with van der Waals surface area (Å²) < 4.78 is 37.5. The first kappa shape index (κ1) is 28.4. The predicted molar refractivity (Wildman–Crippen MR) is 149 cm³/mol. The van der Waals surface area contributed by atoms with Crippen molar-refractivity contribution >= 4 is 56.1 Å². The van der Waals surface area contributed by atoms with E-state index in [-0.39, 0.29) is 29.7 Å². The van der Waals surface area contributed by atoms with E-state index in [9.17, 15) is 23.9 Å². The molecule has 2 heterocycles. The van der Waals surface area contributed by atoms with Crippen molar-refractivity contribution in [3.63, 3.8) is 0 Å². The number of carbonyl (C=O) groups is 2. The monoisotopic (exact) mass is 577 g/mol. The number of nitrogens with one attached hydrogen (secondary N) is 2. The van der Waals surface area contributed by atoms with Gasteiger partial charge in [0.1, 0.15) is 11.9 Å². The predicted octanol–water partition coefficient (Wildman–Crippen LogP) is 4.96. The molecular formula is C25H28FN5O6S2. The number of benzene rings is 2. The number of nitrogens with zero attached hydrogens (tertiary/aromatic N) is 3. The quantitative estimate of drug-likeness (QED) is 0.267. The van der Waals surface area contributed by atoms with Crippen molar-refractivity contribution in [3.05, 3.63) is 64.0 Å². The number of anilines is 2. The third-order valence-corrected chi connectivity index (χ3v) is 9.29. The molecule has 11 nitrogen and oxygen atoms in total. The summed E-state index contributed by atoms with van der Waals surface area (Å²) in [6.07, 6.45) is 0.479. The lowest BCUT2D eigenvalue weighted by Gasteiger charge is -2.25. The molecule has 2 aliphatic rings. The molecule has 0 bridgehead atoms. The number of nitro benzene ring substituents is 1. The van der Waals surface area contributed by atoms with Crippen LogP contribution in [-0.2, 0) is 14.5 Å². The van der Waals surface area contributed by atoms with Gasteiger partial charge in [0, 0.05) is 29.3 Å². The Morgan fingerprint density at radius 1 is 1.26 bits per heavy atom. The molecule has 3 amide bonds. The zero-order chi connectivity index (χ0) is 28.2. The van der Waals surface area contributed by atoms with E-state index >= 15 is 4.39 Å². The van der Waals surface area contributed by atoms with Crippen LogP contribution < -0.4 is 15.5 Å². The van der Waals surface area contributed by atoms with Crippen LogP contribution >= 0.6 is 12.2 Å². The second-order valence-electron chi connectivity index (χ2n) is 9.26. The molecule has 39 heavy (non-hydrogen) atoms. The van der Waals surface area contributed by atoms with Gasteiger partial charge in [-0.2, -0.15) is 0 Å². The maximum Gasteiger partial charge on any atom is 0.414 e. The molecule has 2 aromatic carbocycles. The van der Waals surface area contributed by atoms with Crippen molar-refractivity contribution < 1.29 is 27.8 Å². The highest BCUT2D eigenvalue weighted by molar-refractivity contribution is 7.93. The smallest absolute Gasteiger partial charge is 0.414 e. The van der Waals surface area contributed by atoms with E-state index in [2.05, 4.69) is 15.0 Å². The summed E-state index contributed by atoms with van der Waals surface area (Å²) in [6, 6.07) is 9.01. The molecule has 0 aliphatic carbocycles. The molecule has 1 atom stereocenters.